The summed E-state index contributed by atoms with van der Waals surface area (Å²) in [4.78, 5) is 0. The van der Waals surface area contributed by atoms with Gasteiger partial charge >= 0.3 is 7.12 Å². The van der Waals surface area contributed by atoms with Gasteiger partial charge in [0.2, 0.25) is 0 Å². The van der Waals surface area contributed by atoms with Crippen molar-refractivity contribution in [2.45, 2.75) is 110 Å². The first kappa shape index (κ1) is 21.1. The lowest BCUT2D eigenvalue weighted by Crippen LogP contribution is -2.44. The van der Waals surface area contributed by atoms with Crippen LogP contribution in [0.15, 0.2) is 6.20 Å². The molecule has 2 aliphatic rings. The molecule has 0 aromatic carbocycles. The largest absolute Gasteiger partial charge is 0.498 e. The Labute approximate surface area is 166 Å². The minimum absolute atomic E-state index is 0.0601. The van der Waals surface area contributed by atoms with Crippen LogP contribution >= 0.6 is 0 Å². The molecule has 0 N–H and O–H groups in total. The lowest BCUT2D eigenvalue weighted by Gasteiger charge is -2.39. The van der Waals surface area contributed by atoms with Gasteiger partial charge < -0.3 is 13.7 Å². The fourth-order valence-electron chi connectivity index (χ4n) is 3.47. The molecule has 2 aliphatic heterocycles. The van der Waals surface area contributed by atoms with Gasteiger partial charge in [-0.3, -0.25) is 4.68 Å². The van der Waals surface area contributed by atoms with E-state index in [2.05, 4.69) is 66.2 Å². The van der Waals surface area contributed by atoms with Gasteiger partial charge in [-0.25, -0.2) is 0 Å². The van der Waals surface area contributed by atoms with E-state index in [0.717, 1.165) is 37.0 Å². The summed E-state index contributed by atoms with van der Waals surface area (Å²) >= 11 is 0. The predicted octanol–water partition coefficient (Wildman–Crippen LogP) is 4.43. The highest BCUT2D eigenvalue weighted by atomic mass is 28.4. The van der Waals surface area contributed by atoms with E-state index in [0.29, 0.717) is 0 Å². The van der Waals surface area contributed by atoms with Crippen LogP contribution in [0.5, 0.6) is 0 Å². The SMILES string of the molecule is CC1(C)OB(c2cnn3c2C(O[Si](C)(C)C(C)(C)C)CCCC3)OC1(C)C. The Morgan fingerprint density at radius 1 is 1.15 bits per heavy atom. The number of nitrogens with zero attached hydrogens (tertiary/aromatic N) is 2. The molecule has 1 aromatic rings. The monoisotopic (exact) mass is 392 g/mol. The van der Waals surface area contributed by atoms with Crippen LogP contribution in [0.4, 0.5) is 0 Å². The van der Waals surface area contributed by atoms with Crippen LogP contribution in [0.1, 0.15) is 79.5 Å². The van der Waals surface area contributed by atoms with Crippen LogP contribution in [-0.4, -0.2) is 36.4 Å². The summed E-state index contributed by atoms with van der Waals surface area (Å²) in [5.74, 6) is 0. The molecule has 1 saturated heterocycles. The predicted molar refractivity (Wildman–Crippen MR) is 113 cm³/mol. The minimum Gasteiger partial charge on any atom is -0.408 e. The Balaban J connectivity index is 1.96. The minimum atomic E-state index is -1.90. The fraction of sp³-hybridized carbons (Fsp3) is 0.850. The highest BCUT2D eigenvalue weighted by Gasteiger charge is 2.53. The summed E-state index contributed by atoms with van der Waals surface area (Å²) < 4.78 is 21.7. The zero-order valence-corrected chi connectivity index (χ0v) is 19.7. The Morgan fingerprint density at radius 3 is 2.30 bits per heavy atom. The molecule has 1 unspecified atom stereocenters. The summed E-state index contributed by atoms with van der Waals surface area (Å²) in [5.41, 5.74) is 1.50. The Morgan fingerprint density at radius 2 is 1.74 bits per heavy atom. The molecule has 7 heteroatoms. The summed E-state index contributed by atoms with van der Waals surface area (Å²) in [6, 6.07) is 0. The number of aryl methyl sites for hydroxylation is 1. The van der Waals surface area contributed by atoms with Gasteiger partial charge in [0.25, 0.3) is 0 Å². The van der Waals surface area contributed by atoms with Crippen molar-refractivity contribution in [3.63, 3.8) is 0 Å². The number of aromatic nitrogens is 2. The van der Waals surface area contributed by atoms with Gasteiger partial charge in [-0.15, -0.1) is 0 Å². The molecule has 0 amide bonds. The van der Waals surface area contributed by atoms with Crippen LogP contribution in [0.3, 0.4) is 0 Å². The Hall–Kier alpha value is -0.628. The van der Waals surface area contributed by atoms with Crippen LogP contribution in [0.2, 0.25) is 18.1 Å². The zero-order valence-electron chi connectivity index (χ0n) is 18.7. The lowest BCUT2D eigenvalue weighted by molar-refractivity contribution is 0.00578. The Bertz CT molecular complexity index is 678. The van der Waals surface area contributed by atoms with E-state index in [1.807, 2.05) is 6.20 Å². The van der Waals surface area contributed by atoms with Gasteiger partial charge in [0.1, 0.15) is 0 Å². The molecule has 3 heterocycles. The average Bonchev–Trinajstić information content (AvgIpc) is 2.92. The molecule has 1 aromatic heterocycles. The van der Waals surface area contributed by atoms with Crippen molar-refractivity contribution in [1.82, 2.24) is 9.78 Å². The molecule has 1 fully saturated rings. The maximum Gasteiger partial charge on any atom is 0.498 e. The number of hydrogen-bond acceptors (Lipinski definition) is 4. The maximum absolute atomic E-state index is 6.88. The van der Waals surface area contributed by atoms with Crippen molar-refractivity contribution < 1.29 is 13.7 Å². The summed E-state index contributed by atoms with van der Waals surface area (Å²) in [7, 11) is -2.29. The summed E-state index contributed by atoms with van der Waals surface area (Å²) in [6.07, 6.45) is 5.32. The second-order valence-corrected chi connectivity index (χ2v) is 15.4. The standard InChI is InChI=1S/C20H37BN2O3Si/c1-18(2,3)27(8,9)24-16-12-10-11-13-23-17(16)15(14-22-23)21-25-19(4,5)20(6,7)26-21/h14,16H,10-13H2,1-9H3. The summed E-state index contributed by atoms with van der Waals surface area (Å²) in [6.45, 7) is 20.9. The first-order valence-electron chi connectivity index (χ1n) is 10.3. The molecule has 5 nitrogen and oxygen atoms in total. The average molecular weight is 392 g/mol. The van der Waals surface area contributed by atoms with E-state index < -0.39 is 8.32 Å². The molecule has 0 saturated carbocycles. The van der Waals surface area contributed by atoms with Crippen molar-refractivity contribution in [2.75, 3.05) is 0 Å². The van der Waals surface area contributed by atoms with Gasteiger partial charge in [0, 0.05) is 18.2 Å². The van der Waals surface area contributed by atoms with Crippen LogP contribution in [0.25, 0.3) is 0 Å². The topological polar surface area (TPSA) is 45.5 Å². The van der Waals surface area contributed by atoms with Gasteiger partial charge in [-0.2, -0.15) is 5.10 Å². The van der Waals surface area contributed by atoms with Crippen molar-refractivity contribution in [1.29, 1.82) is 0 Å². The van der Waals surface area contributed by atoms with Gasteiger partial charge in [0.15, 0.2) is 8.32 Å². The zero-order chi connectivity index (χ0) is 20.3. The smallest absolute Gasteiger partial charge is 0.408 e. The van der Waals surface area contributed by atoms with E-state index in [1.54, 1.807) is 0 Å². The summed E-state index contributed by atoms with van der Waals surface area (Å²) in [5, 5.41) is 4.87. The molecule has 27 heavy (non-hydrogen) atoms. The van der Waals surface area contributed by atoms with Crippen molar-refractivity contribution >= 4 is 20.9 Å². The molecule has 0 bridgehead atoms. The van der Waals surface area contributed by atoms with Crippen molar-refractivity contribution in [2.24, 2.45) is 0 Å². The van der Waals surface area contributed by atoms with E-state index in [9.17, 15) is 0 Å². The third kappa shape index (κ3) is 3.80. The number of hydrogen-bond donors (Lipinski definition) is 0. The van der Waals surface area contributed by atoms with E-state index in [-0.39, 0.29) is 29.5 Å². The molecule has 0 radical (unpaired) electrons. The quantitative estimate of drug-likeness (QED) is 0.714. The molecule has 0 spiro atoms. The number of fused-ring (bicyclic) bond motifs is 1. The molecule has 1 atom stereocenters. The highest BCUT2D eigenvalue weighted by Crippen LogP contribution is 2.42. The third-order valence-corrected chi connectivity index (χ3v) is 11.5. The van der Waals surface area contributed by atoms with Crippen LogP contribution in [-0.2, 0) is 20.3 Å². The van der Waals surface area contributed by atoms with Gasteiger partial charge in [-0.05, 0) is 65.1 Å². The highest BCUT2D eigenvalue weighted by molar-refractivity contribution is 6.74. The van der Waals surface area contributed by atoms with E-state index in [4.69, 9.17) is 18.8 Å². The molecule has 152 valence electrons. The second kappa shape index (κ2) is 6.72. The fourth-order valence-corrected chi connectivity index (χ4v) is 4.76. The molecule has 3 rings (SSSR count). The molecule has 0 aliphatic carbocycles. The molecular formula is C20H37BN2O3Si. The number of rotatable bonds is 3. The van der Waals surface area contributed by atoms with Gasteiger partial charge in [-0.1, -0.05) is 20.8 Å². The van der Waals surface area contributed by atoms with E-state index in [1.165, 1.54) is 0 Å². The van der Waals surface area contributed by atoms with Crippen molar-refractivity contribution in [3.05, 3.63) is 11.9 Å². The third-order valence-electron chi connectivity index (χ3n) is 7.05. The Kier molecular flexibility index (Phi) is 5.25. The second-order valence-electron chi connectivity index (χ2n) is 10.7. The van der Waals surface area contributed by atoms with Crippen molar-refractivity contribution in [3.8, 4) is 0 Å². The first-order valence-corrected chi connectivity index (χ1v) is 13.3. The lowest BCUT2D eigenvalue weighted by atomic mass is 9.78. The first-order chi connectivity index (χ1) is 12.3. The molecular weight excluding hydrogens is 355 g/mol. The maximum atomic E-state index is 6.88. The van der Waals surface area contributed by atoms with Crippen LogP contribution in [0, 0.1) is 0 Å². The van der Waals surface area contributed by atoms with Crippen LogP contribution < -0.4 is 5.46 Å². The van der Waals surface area contributed by atoms with E-state index >= 15 is 0 Å². The normalized spacial score (nSPS) is 25.4. The van der Waals surface area contributed by atoms with Gasteiger partial charge in [0.05, 0.1) is 23.0 Å².